The average molecular weight is 275 g/mol. The van der Waals surface area contributed by atoms with Crippen LogP contribution >= 0.6 is 11.6 Å². The quantitative estimate of drug-likeness (QED) is 0.208. The fourth-order valence-electron chi connectivity index (χ4n) is 1.74. The van der Waals surface area contributed by atoms with Gasteiger partial charge < -0.3 is 4.74 Å². The number of halogens is 1. The normalized spacial score (nSPS) is 10.3. The molecule has 0 aromatic rings. The molecule has 0 aliphatic heterocycles. The van der Waals surface area contributed by atoms with Crippen molar-refractivity contribution in [2.24, 2.45) is 0 Å². The molecule has 0 aromatic heterocycles. The summed E-state index contributed by atoms with van der Waals surface area (Å²) in [5.74, 6) is 0.418. The minimum atomic E-state index is -0.111. The van der Waals surface area contributed by atoms with Gasteiger partial charge in [-0.05, 0) is 25.7 Å². The summed E-state index contributed by atoms with van der Waals surface area (Å²) in [6.07, 6.45) is 12.8. The zero-order valence-electron chi connectivity index (χ0n) is 11.5. The number of carbonyl (C=O) groups excluding carboxylic acids is 1. The van der Waals surface area contributed by atoms with Crippen molar-refractivity contribution >= 4 is 17.6 Å². The molecular weight excluding hydrogens is 248 g/mol. The Bertz CT molecular complexity index is 205. The van der Waals surface area contributed by atoms with E-state index in [0.29, 0.717) is 25.3 Å². The smallest absolute Gasteiger partial charge is 0.305 e. The minimum absolute atomic E-state index is 0.111. The number of ether oxygens (including phenoxy) is 1. The van der Waals surface area contributed by atoms with Gasteiger partial charge in [-0.3, -0.25) is 4.79 Å². The molecule has 0 unspecified atom stereocenters. The molecule has 106 valence electrons. The van der Waals surface area contributed by atoms with Gasteiger partial charge in [0.05, 0.1) is 6.61 Å². The van der Waals surface area contributed by atoms with Crippen molar-refractivity contribution in [1.29, 1.82) is 0 Å². The van der Waals surface area contributed by atoms with Crippen LogP contribution in [0, 0.1) is 0 Å². The van der Waals surface area contributed by atoms with Gasteiger partial charge in [-0.15, -0.1) is 18.2 Å². The highest BCUT2D eigenvalue weighted by Gasteiger charge is 2.01. The third-order valence-corrected chi connectivity index (χ3v) is 3.10. The highest BCUT2D eigenvalue weighted by Crippen LogP contribution is 2.09. The Kier molecular flexibility index (Phi) is 14.2. The lowest BCUT2D eigenvalue weighted by Crippen LogP contribution is -2.05. The van der Waals surface area contributed by atoms with Crippen LogP contribution in [0.5, 0.6) is 0 Å². The van der Waals surface area contributed by atoms with E-state index >= 15 is 0 Å². The molecule has 0 heterocycles. The SMILES string of the molecule is C=CCCCCCCCCCOC(=O)CCCCl. The van der Waals surface area contributed by atoms with E-state index in [9.17, 15) is 4.79 Å². The van der Waals surface area contributed by atoms with Gasteiger partial charge in [-0.1, -0.05) is 38.2 Å². The minimum Gasteiger partial charge on any atom is -0.466 e. The molecule has 0 radical (unpaired) electrons. The lowest BCUT2D eigenvalue weighted by atomic mass is 10.1. The van der Waals surface area contributed by atoms with Crippen molar-refractivity contribution < 1.29 is 9.53 Å². The van der Waals surface area contributed by atoms with E-state index in [-0.39, 0.29) is 5.97 Å². The molecule has 3 heteroatoms. The highest BCUT2D eigenvalue weighted by molar-refractivity contribution is 6.17. The third kappa shape index (κ3) is 13.6. The van der Waals surface area contributed by atoms with E-state index in [0.717, 1.165) is 19.3 Å². The molecule has 0 rings (SSSR count). The number of carbonyl (C=O) groups is 1. The Morgan fingerprint density at radius 1 is 1.00 bits per heavy atom. The lowest BCUT2D eigenvalue weighted by Gasteiger charge is -2.04. The molecule has 0 saturated carbocycles. The maximum atomic E-state index is 11.1. The molecule has 0 aliphatic carbocycles. The summed E-state index contributed by atoms with van der Waals surface area (Å²) in [5, 5.41) is 0. The molecule has 18 heavy (non-hydrogen) atoms. The Morgan fingerprint density at radius 2 is 1.61 bits per heavy atom. The van der Waals surface area contributed by atoms with E-state index in [2.05, 4.69) is 6.58 Å². The van der Waals surface area contributed by atoms with Gasteiger partial charge in [-0.25, -0.2) is 0 Å². The summed E-state index contributed by atoms with van der Waals surface area (Å²) in [4.78, 5) is 11.1. The number of esters is 1. The van der Waals surface area contributed by atoms with Gasteiger partial charge in [-0.2, -0.15) is 0 Å². The van der Waals surface area contributed by atoms with Gasteiger partial charge in [0.25, 0.3) is 0 Å². The van der Waals surface area contributed by atoms with Gasteiger partial charge in [0, 0.05) is 12.3 Å². The molecule has 0 bridgehead atoms. The molecule has 0 N–H and O–H groups in total. The van der Waals surface area contributed by atoms with Crippen molar-refractivity contribution in [3.05, 3.63) is 12.7 Å². The maximum absolute atomic E-state index is 11.1. The fourth-order valence-corrected chi connectivity index (χ4v) is 1.88. The summed E-state index contributed by atoms with van der Waals surface area (Å²) in [7, 11) is 0. The van der Waals surface area contributed by atoms with Crippen LogP contribution in [0.25, 0.3) is 0 Å². The average Bonchev–Trinajstić information content (AvgIpc) is 2.38. The molecule has 0 aromatic carbocycles. The third-order valence-electron chi connectivity index (χ3n) is 2.83. The predicted molar refractivity (Wildman–Crippen MR) is 78.0 cm³/mol. The van der Waals surface area contributed by atoms with Crippen LogP contribution in [-0.4, -0.2) is 18.5 Å². The van der Waals surface area contributed by atoms with Crippen LogP contribution in [-0.2, 0) is 9.53 Å². The number of hydrogen-bond acceptors (Lipinski definition) is 2. The zero-order chi connectivity index (χ0) is 13.5. The number of hydrogen-bond donors (Lipinski definition) is 0. The van der Waals surface area contributed by atoms with Crippen LogP contribution in [0.1, 0.15) is 64.2 Å². The highest BCUT2D eigenvalue weighted by atomic mass is 35.5. The van der Waals surface area contributed by atoms with Gasteiger partial charge in [0.1, 0.15) is 0 Å². The van der Waals surface area contributed by atoms with E-state index in [1.165, 1.54) is 32.1 Å². The van der Waals surface area contributed by atoms with Crippen molar-refractivity contribution in [3.63, 3.8) is 0 Å². The van der Waals surface area contributed by atoms with Gasteiger partial charge in [0.15, 0.2) is 0 Å². The van der Waals surface area contributed by atoms with E-state index in [4.69, 9.17) is 16.3 Å². The van der Waals surface area contributed by atoms with Crippen molar-refractivity contribution in [2.75, 3.05) is 12.5 Å². The molecular formula is C15H27ClO2. The molecule has 0 fully saturated rings. The summed E-state index contributed by atoms with van der Waals surface area (Å²) in [6, 6.07) is 0. The van der Waals surface area contributed by atoms with E-state index < -0.39 is 0 Å². The van der Waals surface area contributed by atoms with Crippen molar-refractivity contribution in [3.8, 4) is 0 Å². The van der Waals surface area contributed by atoms with Crippen LogP contribution in [0.3, 0.4) is 0 Å². The summed E-state index contributed by atoms with van der Waals surface area (Å²) in [5.41, 5.74) is 0. The van der Waals surface area contributed by atoms with Crippen LogP contribution in [0.4, 0.5) is 0 Å². The zero-order valence-corrected chi connectivity index (χ0v) is 12.2. The predicted octanol–water partition coefficient (Wildman–Crippen LogP) is 4.86. The topological polar surface area (TPSA) is 26.3 Å². The Morgan fingerprint density at radius 3 is 2.22 bits per heavy atom. The first-order chi connectivity index (χ1) is 8.81. The fraction of sp³-hybridized carbons (Fsp3) is 0.800. The molecule has 0 atom stereocenters. The second kappa shape index (κ2) is 14.6. The lowest BCUT2D eigenvalue weighted by molar-refractivity contribution is -0.143. The van der Waals surface area contributed by atoms with Gasteiger partial charge in [0.2, 0.25) is 0 Å². The van der Waals surface area contributed by atoms with E-state index in [1.54, 1.807) is 0 Å². The van der Waals surface area contributed by atoms with E-state index in [1.807, 2.05) is 6.08 Å². The summed E-state index contributed by atoms with van der Waals surface area (Å²) < 4.78 is 5.10. The Labute approximate surface area is 117 Å². The Hall–Kier alpha value is -0.500. The largest absolute Gasteiger partial charge is 0.466 e. The molecule has 0 aliphatic rings. The maximum Gasteiger partial charge on any atom is 0.305 e. The van der Waals surface area contributed by atoms with Crippen LogP contribution in [0.2, 0.25) is 0 Å². The number of rotatable bonds is 13. The van der Waals surface area contributed by atoms with Crippen LogP contribution < -0.4 is 0 Å². The molecule has 0 amide bonds. The van der Waals surface area contributed by atoms with Gasteiger partial charge >= 0.3 is 5.97 Å². The monoisotopic (exact) mass is 274 g/mol. The second-order valence-electron chi connectivity index (χ2n) is 4.57. The summed E-state index contributed by atoms with van der Waals surface area (Å²) in [6.45, 7) is 4.28. The number of allylic oxidation sites excluding steroid dienone is 1. The molecule has 0 saturated heterocycles. The number of unbranched alkanes of at least 4 members (excludes halogenated alkanes) is 7. The first-order valence-corrected chi connectivity index (χ1v) is 7.67. The van der Waals surface area contributed by atoms with Crippen molar-refractivity contribution in [2.45, 2.75) is 64.2 Å². The van der Waals surface area contributed by atoms with Crippen molar-refractivity contribution in [1.82, 2.24) is 0 Å². The van der Waals surface area contributed by atoms with Crippen LogP contribution in [0.15, 0.2) is 12.7 Å². The second-order valence-corrected chi connectivity index (χ2v) is 4.94. The standard InChI is InChI=1S/C15H27ClO2/c1-2-3-4-5-6-7-8-9-10-14-18-15(17)12-11-13-16/h2H,1,3-14H2. The summed E-state index contributed by atoms with van der Waals surface area (Å²) >= 11 is 5.50. The molecule has 2 nitrogen and oxygen atoms in total. The first-order valence-electron chi connectivity index (χ1n) is 7.13. The Balaban J connectivity index is 3.06. The first kappa shape index (κ1) is 17.5. The number of alkyl halides is 1. The molecule has 0 spiro atoms.